The van der Waals surface area contributed by atoms with Crippen LogP contribution in [0.3, 0.4) is 0 Å². The van der Waals surface area contributed by atoms with Crippen molar-refractivity contribution in [1.82, 2.24) is 5.06 Å². The van der Waals surface area contributed by atoms with Crippen LogP contribution in [0.2, 0.25) is 0 Å². The van der Waals surface area contributed by atoms with E-state index < -0.39 is 22.1 Å². The number of hydroxylamine groups is 2. The van der Waals surface area contributed by atoms with Gasteiger partial charge in [0, 0.05) is 6.54 Å². The first-order chi connectivity index (χ1) is 5.90. The molecular weight excluding hydrogens is 198 g/mol. The Hall–Kier alpha value is -0.660. The Morgan fingerprint density at radius 3 is 2.69 bits per heavy atom. The van der Waals surface area contributed by atoms with Gasteiger partial charge < -0.3 is 5.11 Å². The molecule has 1 aliphatic rings. The number of carbonyl (C=O) groups is 1. The van der Waals surface area contributed by atoms with Gasteiger partial charge in [-0.1, -0.05) is 0 Å². The van der Waals surface area contributed by atoms with E-state index in [2.05, 4.69) is 4.28 Å². The van der Waals surface area contributed by atoms with Crippen molar-refractivity contribution in [1.29, 1.82) is 0 Å². The molecule has 0 aromatic heterocycles. The summed E-state index contributed by atoms with van der Waals surface area (Å²) in [5, 5.41) is 9.66. The first-order valence-electron chi connectivity index (χ1n) is 3.79. The van der Waals surface area contributed by atoms with Crippen molar-refractivity contribution in [2.75, 3.05) is 12.8 Å². The highest BCUT2D eigenvalue weighted by Gasteiger charge is 2.33. The molecule has 6 nitrogen and oxygen atoms in total. The molecule has 76 valence electrons. The van der Waals surface area contributed by atoms with Gasteiger partial charge in [0.2, 0.25) is 0 Å². The van der Waals surface area contributed by atoms with Gasteiger partial charge in [0.15, 0.2) is 0 Å². The molecule has 1 N–H and O–H groups in total. The number of carboxylic acids is 1. The summed E-state index contributed by atoms with van der Waals surface area (Å²) in [4.78, 5) is 10.6. The Labute approximate surface area is 76.2 Å². The highest BCUT2D eigenvalue weighted by molar-refractivity contribution is 7.85. The van der Waals surface area contributed by atoms with Gasteiger partial charge in [-0.2, -0.15) is 17.8 Å². The van der Waals surface area contributed by atoms with Crippen LogP contribution in [-0.2, 0) is 19.2 Å². The van der Waals surface area contributed by atoms with Crippen molar-refractivity contribution < 1.29 is 22.6 Å². The summed E-state index contributed by atoms with van der Waals surface area (Å²) >= 11 is 0. The van der Waals surface area contributed by atoms with Crippen LogP contribution < -0.4 is 0 Å². The second kappa shape index (κ2) is 3.60. The molecule has 0 aromatic rings. The van der Waals surface area contributed by atoms with Gasteiger partial charge in [0.25, 0.3) is 10.1 Å². The Bertz CT molecular complexity index is 298. The zero-order valence-corrected chi connectivity index (χ0v) is 7.95. The van der Waals surface area contributed by atoms with E-state index in [9.17, 15) is 13.2 Å². The van der Waals surface area contributed by atoms with Crippen LogP contribution in [0.4, 0.5) is 0 Å². The van der Waals surface area contributed by atoms with E-state index in [0.29, 0.717) is 19.4 Å². The van der Waals surface area contributed by atoms with Crippen LogP contribution >= 0.6 is 0 Å². The van der Waals surface area contributed by atoms with Crippen LogP contribution in [0.1, 0.15) is 12.8 Å². The number of hydrogen-bond donors (Lipinski definition) is 1. The molecule has 1 atom stereocenters. The molecule has 0 saturated carbocycles. The molecule has 0 unspecified atom stereocenters. The third-order valence-corrected chi connectivity index (χ3v) is 2.18. The second-order valence-corrected chi connectivity index (χ2v) is 4.47. The minimum atomic E-state index is -3.61. The second-order valence-electron chi connectivity index (χ2n) is 2.92. The third-order valence-electron chi connectivity index (χ3n) is 1.72. The molecule has 1 saturated heterocycles. The number of hydrogen-bond acceptors (Lipinski definition) is 5. The average molecular weight is 209 g/mol. The maximum Gasteiger partial charge on any atom is 0.323 e. The van der Waals surface area contributed by atoms with Gasteiger partial charge >= 0.3 is 5.97 Å². The van der Waals surface area contributed by atoms with Gasteiger partial charge in [-0.15, -0.1) is 0 Å². The van der Waals surface area contributed by atoms with Crippen LogP contribution in [0.25, 0.3) is 0 Å². The Morgan fingerprint density at radius 2 is 2.23 bits per heavy atom. The molecule has 7 heteroatoms. The molecule has 0 aromatic carbocycles. The lowest BCUT2D eigenvalue weighted by Crippen LogP contribution is -2.37. The highest BCUT2D eigenvalue weighted by Crippen LogP contribution is 2.18. The molecular formula is C6H11NO5S. The topological polar surface area (TPSA) is 83.9 Å². The maximum atomic E-state index is 10.7. The summed E-state index contributed by atoms with van der Waals surface area (Å²) in [7, 11) is -3.61. The van der Waals surface area contributed by atoms with E-state index in [1.165, 1.54) is 0 Å². The maximum absolute atomic E-state index is 10.7. The van der Waals surface area contributed by atoms with E-state index in [0.717, 1.165) is 11.3 Å². The zero-order valence-electron chi connectivity index (χ0n) is 7.13. The van der Waals surface area contributed by atoms with Gasteiger partial charge in [0.1, 0.15) is 6.04 Å². The van der Waals surface area contributed by atoms with Crippen molar-refractivity contribution in [3.05, 3.63) is 0 Å². The average Bonchev–Trinajstić information content (AvgIpc) is 2.31. The van der Waals surface area contributed by atoms with E-state index in [1.807, 2.05) is 0 Å². The number of rotatable bonds is 3. The lowest BCUT2D eigenvalue weighted by Gasteiger charge is -2.17. The number of aliphatic carboxylic acids is 1. The van der Waals surface area contributed by atoms with Gasteiger partial charge in [-0.3, -0.25) is 4.79 Å². The fourth-order valence-corrected chi connectivity index (χ4v) is 1.78. The number of carboxylic acid groups (broad SMARTS) is 1. The number of nitrogens with zero attached hydrogens (tertiary/aromatic N) is 1. The Kier molecular flexibility index (Phi) is 2.89. The van der Waals surface area contributed by atoms with Gasteiger partial charge in [-0.05, 0) is 12.8 Å². The van der Waals surface area contributed by atoms with Crippen molar-refractivity contribution in [2.24, 2.45) is 0 Å². The molecule has 0 spiro atoms. The van der Waals surface area contributed by atoms with Crippen molar-refractivity contribution in [2.45, 2.75) is 18.9 Å². The molecule has 0 bridgehead atoms. The minimum Gasteiger partial charge on any atom is -0.480 e. The zero-order chi connectivity index (χ0) is 10.1. The van der Waals surface area contributed by atoms with Gasteiger partial charge in [-0.25, -0.2) is 0 Å². The molecule has 1 aliphatic heterocycles. The van der Waals surface area contributed by atoms with E-state index in [-0.39, 0.29) is 0 Å². The smallest absolute Gasteiger partial charge is 0.323 e. The SMILES string of the molecule is CS(=O)(=O)ON1CCC[C@H]1C(=O)O. The summed E-state index contributed by atoms with van der Waals surface area (Å²) in [5.74, 6) is -1.05. The van der Waals surface area contributed by atoms with E-state index >= 15 is 0 Å². The summed E-state index contributed by atoms with van der Waals surface area (Å²) < 4.78 is 25.9. The monoisotopic (exact) mass is 209 g/mol. The van der Waals surface area contributed by atoms with E-state index in [4.69, 9.17) is 5.11 Å². The largest absolute Gasteiger partial charge is 0.480 e. The van der Waals surface area contributed by atoms with Crippen LogP contribution in [-0.4, -0.2) is 43.4 Å². The lowest BCUT2D eigenvalue weighted by molar-refractivity contribution is -0.153. The summed E-state index contributed by atoms with van der Waals surface area (Å²) in [5.41, 5.74) is 0. The summed E-state index contributed by atoms with van der Waals surface area (Å²) in [6, 6.07) is -0.838. The van der Waals surface area contributed by atoms with Gasteiger partial charge in [0.05, 0.1) is 6.26 Å². The molecule has 0 aliphatic carbocycles. The quantitative estimate of drug-likeness (QED) is 0.670. The Balaban J connectivity index is 2.64. The third kappa shape index (κ3) is 2.94. The van der Waals surface area contributed by atoms with Crippen LogP contribution in [0.5, 0.6) is 0 Å². The fraction of sp³-hybridized carbons (Fsp3) is 0.833. The predicted molar refractivity (Wildman–Crippen MR) is 43.3 cm³/mol. The van der Waals surface area contributed by atoms with Crippen molar-refractivity contribution >= 4 is 16.1 Å². The lowest BCUT2D eigenvalue weighted by atomic mass is 10.2. The van der Waals surface area contributed by atoms with Crippen LogP contribution in [0.15, 0.2) is 0 Å². The standard InChI is InChI=1S/C6H11NO5S/c1-13(10,11)12-7-4-2-3-5(7)6(8)9/h5H,2-4H2,1H3,(H,8,9)/t5-/m0/s1. The molecule has 1 rings (SSSR count). The normalized spacial score (nSPS) is 24.8. The molecule has 0 amide bonds. The predicted octanol–water partition coefficient (Wildman–Crippen LogP) is -0.573. The molecule has 13 heavy (non-hydrogen) atoms. The van der Waals surface area contributed by atoms with E-state index in [1.54, 1.807) is 0 Å². The van der Waals surface area contributed by atoms with Crippen molar-refractivity contribution in [3.63, 3.8) is 0 Å². The highest BCUT2D eigenvalue weighted by atomic mass is 32.2. The first kappa shape index (κ1) is 10.4. The molecule has 1 fully saturated rings. The van der Waals surface area contributed by atoms with Crippen LogP contribution in [0, 0.1) is 0 Å². The summed E-state index contributed by atoms with van der Waals surface area (Å²) in [6.07, 6.45) is 1.95. The first-order valence-corrected chi connectivity index (χ1v) is 5.61. The fourth-order valence-electron chi connectivity index (χ4n) is 1.25. The molecule has 0 radical (unpaired) electrons. The molecule has 1 heterocycles. The Morgan fingerprint density at radius 1 is 1.62 bits per heavy atom. The van der Waals surface area contributed by atoms with Crippen molar-refractivity contribution in [3.8, 4) is 0 Å². The minimum absolute atomic E-state index is 0.337. The summed E-state index contributed by atoms with van der Waals surface area (Å²) in [6.45, 7) is 0.337.